The van der Waals surface area contributed by atoms with E-state index in [2.05, 4.69) is 10.8 Å². The maximum Gasteiger partial charge on any atom is 0.220 e. The van der Waals surface area contributed by atoms with Crippen molar-refractivity contribution in [1.29, 1.82) is 0 Å². The molecule has 0 aromatic heterocycles. The fourth-order valence-electron chi connectivity index (χ4n) is 0.380. The summed E-state index contributed by atoms with van der Waals surface area (Å²) in [6.45, 7) is 3.06. The minimum absolute atomic E-state index is 0.241. The van der Waals surface area contributed by atoms with Crippen LogP contribution in [0.15, 0.2) is 0 Å². The zero-order valence-corrected chi connectivity index (χ0v) is 3.89. The van der Waals surface area contributed by atoms with Gasteiger partial charge in [0.25, 0.3) is 0 Å². The van der Waals surface area contributed by atoms with Crippen LogP contribution in [0.2, 0.25) is 0 Å². The van der Waals surface area contributed by atoms with Gasteiger partial charge in [-0.1, -0.05) is 0 Å². The van der Waals surface area contributed by atoms with Crippen LogP contribution in [0.25, 0.3) is 0 Å². The molecule has 0 aromatic carbocycles. The molecule has 1 aliphatic heterocycles. The van der Waals surface area contributed by atoms with Gasteiger partial charge in [0, 0.05) is 6.92 Å². The molecular weight excluding hydrogens is 76.1 g/mol. The molecule has 1 unspecified atom stereocenters. The van der Waals surface area contributed by atoms with Gasteiger partial charge < -0.3 is 0 Å². The van der Waals surface area contributed by atoms with Crippen LogP contribution in [0, 0.1) is 0 Å². The molecule has 0 spiro atoms. The highest BCUT2D eigenvalue weighted by molar-refractivity contribution is 5.60. The Hall–Kier alpha value is -0.370. The molecule has 0 radical (unpaired) electrons. The van der Waals surface area contributed by atoms with E-state index in [0.29, 0.717) is 0 Å². The van der Waals surface area contributed by atoms with Crippen LogP contribution in [0.1, 0.15) is 6.92 Å². The van der Waals surface area contributed by atoms with Crippen molar-refractivity contribution in [1.82, 2.24) is 0 Å². The van der Waals surface area contributed by atoms with Crippen molar-refractivity contribution in [2.75, 3.05) is 6.54 Å². The first-order valence-electron chi connectivity index (χ1n) is 2.15. The molecule has 1 atom stereocenters. The third-order valence-corrected chi connectivity index (χ3v) is 0.917. The molecular formula is C4H9N2+. The lowest BCUT2D eigenvalue weighted by Gasteiger charge is -1.85. The standard InChI is InChI=1S/C4H9N2/c1-4(5)6-2-3-6/h2,4H,3,5H2,1H3/q+1. The molecule has 0 saturated carbocycles. The van der Waals surface area contributed by atoms with Gasteiger partial charge in [0.1, 0.15) is 0 Å². The summed E-state index contributed by atoms with van der Waals surface area (Å²) >= 11 is 0. The van der Waals surface area contributed by atoms with Crippen LogP contribution in [-0.4, -0.2) is 23.5 Å². The lowest BCUT2D eigenvalue weighted by atomic mass is 10.6. The highest BCUT2D eigenvalue weighted by Gasteiger charge is 2.19. The molecule has 6 heavy (non-hydrogen) atoms. The van der Waals surface area contributed by atoms with E-state index in [-0.39, 0.29) is 6.17 Å². The van der Waals surface area contributed by atoms with E-state index < -0.39 is 0 Å². The van der Waals surface area contributed by atoms with Gasteiger partial charge in [-0.25, -0.2) is 4.58 Å². The first kappa shape index (κ1) is 3.81. The van der Waals surface area contributed by atoms with Crippen molar-refractivity contribution in [2.24, 2.45) is 5.73 Å². The maximum absolute atomic E-state index is 5.39. The molecule has 0 bridgehead atoms. The summed E-state index contributed by atoms with van der Waals surface area (Å²) in [5.41, 5.74) is 5.39. The number of nitrogens with zero attached hydrogens (tertiary/aromatic N) is 1. The van der Waals surface area contributed by atoms with Gasteiger partial charge in [-0.05, 0) is 0 Å². The Bertz CT molecular complexity index is 83.5. The number of hydrogen-bond donors (Lipinski definition) is 1. The Kier molecular flexibility index (Phi) is 0.665. The molecule has 2 heteroatoms. The third-order valence-electron chi connectivity index (χ3n) is 0.917. The van der Waals surface area contributed by atoms with E-state index >= 15 is 0 Å². The Morgan fingerprint density at radius 1 is 2.00 bits per heavy atom. The first-order valence-corrected chi connectivity index (χ1v) is 2.15. The quantitative estimate of drug-likeness (QED) is 0.423. The van der Waals surface area contributed by atoms with Gasteiger partial charge in [-0.15, -0.1) is 0 Å². The van der Waals surface area contributed by atoms with Crippen molar-refractivity contribution in [3.8, 4) is 0 Å². The van der Waals surface area contributed by atoms with Gasteiger partial charge in [-0.3, -0.25) is 5.73 Å². The van der Waals surface area contributed by atoms with E-state index in [1.807, 2.05) is 6.92 Å². The topological polar surface area (TPSA) is 29.0 Å². The largest absolute Gasteiger partial charge is 0.273 e. The molecule has 0 saturated heterocycles. The monoisotopic (exact) mass is 85.1 g/mol. The smallest absolute Gasteiger partial charge is 0.220 e. The second-order valence-corrected chi connectivity index (χ2v) is 1.62. The van der Waals surface area contributed by atoms with E-state index in [0.717, 1.165) is 6.54 Å². The summed E-state index contributed by atoms with van der Waals surface area (Å²) in [5, 5.41) is 0. The van der Waals surface area contributed by atoms with Gasteiger partial charge in [0.05, 0.1) is 0 Å². The maximum atomic E-state index is 5.39. The molecule has 2 nitrogen and oxygen atoms in total. The number of rotatable bonds is 1. The summed E-state index contributed by atoms with van der Waals surface area (Å²) in [6, 6.07) is 0. The molecule has 2 N–H and O–H groups in total. The molecule has 0 fully saturated rings. The van der Waals surface area contributed by atoms with E-state index in [1.165, 1.54) is 0 Å². The Morgan fingerprint density at radius 2 is 2.50 bits per heavy atom. The predicted octanol–water partition coefficient (Wildman–Crippen LogP) is -0.612. The van der Waals surface area contributed by atoms with Gasteiger partial charge >= 0.3 is 0 Å². The zero-order chi connectivity index (χ0) is 4.57. The minimum atomic E-state index is 0.241. The molecule has 1 aliphatic rings. The van der Waals surface area contributed by atoms with Crippen molar-refractivity contribution >= 4 is 6.21 Å². The second-order valence-electron chi connectivity index (χ2n) is 1.62. The Labute approximate surface area is 37.3 Å². The summed E-state index contributed by atoms with van der Waals surface area (Å²) in [6.07, 6.45) is 2.31. The van der Waals surface area contributed by atoms with E-state index in [1.54, 1.807) is 0 Å². The second kappa shape index (κ2) is 1.05. The van der Waals surface area contributed by atoms with Crippen molar-refractivity contribution in [3.05, 3.63) is 0 Å². The minimum Gasteiger partial charge on any atom is -0.273 e. The summed E-state index contributed by atoms with van der Waals surface area (Å²) in [7, 11) is 0. The fourth-order valence-corrected chi connectivity index (χ4v) is 0.380. The lowest BCUT2D eigenvalue weighted by molar-refractivity contribution is -0.478. The Morgan fingerprint density at radius 3 is 2.50 bits per heavy atom. The van der Waals surface area contributed by atoms with Crippen molar-refractivity contribution < 1.29 is 4.58 Å². The Balaban J connectivity index is 2.31. The predicted molar refractivity (Wildman–Crippen MR) is 24.8 cm³/mol. The highest BCUT2D eigenvalue weighted by atomic mass is 15.2. The molecule has 1 heterocycles. The van der Waals surface area contributed by atoms with Crippen molar-refractivity contribution in [2.45, 2.75) is 13.1 Å². The highest BCUT2D eigenvalue weighted by Crippen LogP contribution is 1.87. The van der Waals surface area contributed by atoms with Crippen LogP contribution in [-0.2, 0) is 0 Å². The molecule has 0 amide bonds. The normalized spacial score (nSPS) is 22.7. The fraction of sp³-hybridized carbons (Fsp3) is 0.750. The number of hydrogen-bond acceptors (Lipinski definition) is 1. The molecule has 34 valence electrons. The summed E-state index contributed by atoms with van der Waals surface area (Å²) < 4.78 is 2.07. The molecule has 0 aromatic rings. The van der Waals surface area contributed by atoms with Gasteiger partial charge in [0.2, 0.25) is 18.9 Å². The molecule has 1 rings (SSSR count). The summed E-state index contributed by atoms with van der Waals surface area (Å²) in [5.74, 6) is 0. The van der Waals surface area contributed by atoms with Crippen LogP contribution < -0.4 is 5.73 Å². The lowest BCUT2D eigenvalue weighted by Crippen LogP contribution is -2.21. The zero-order valence-electron chi connectivity index (χ0n) is 3.89. The number of nitrogens with two attached hydrogens (primary N) is 1. The van der Waals surface area contributed by atoms with Crippen LogP contribution in [0.4, 0.5) is 0 Å². The first-order chi connectivity index (χ1) is 2.80. The average molecular weight is 85.1 g/mol. The molecule has 0 aliphatic carbocycles. The van der Waals surface area contributed by atoms with Gasteiger partial charge in [-0.2, -0.15) is 0 Å². The van der Waals surface area contributed by atoms with Gasteiger partial charge in [0.15, 0.2) is 0 Å². The van der Waals surface area contributed by atoms with E-state index in [4.69, 9.17) is 5.73 Å². The van der Waals surface area contributed by atoms with Crippen LogP contribution in [0.3, 0.4) is 0 Å². The average Bonchev–Trinajstić information content (AvgIpc) is 2.06. The SMILES string of the molecule is CC(N)[N+]1=CC1. The van der Waals surface area contributed by atoms with E-state index in [9.17, 15) is 0 Å². The van der Waals surface area contributed by atoms with Crippen LogP contribution >= 0.6 is 0 Å². The third kappa shape index (κ3) is 0.571. The van der Waals surface area contributed by atoms with Crippen molar-refractivity contribution in [3.63, 3.8) is 0 Å². The van der Waals surface area contributed by atoms with Crippen LogP contribution in [0.5, 0.6) is 0 Å². The summed E-state index contributed by atoms with van der Waals surface area (Å²) in [4.78, 5) is 0.